The Labute approximate surface area is 368 Å². The molecule has 0 bridgehead atoms. The fourth-order valence-electron chi connectivity index (χ4n) is 7.38. The van der Waals surface area contributed by atoms with Gasteiger partial charge in [-0.15, -0.1) is 0 Å². The number of methoxy groups -OCH3 is 1. The molecule has 4 atom stereocenters. The monoisotopic (exact) mass is 874 g/mol. The SMILES string of the molecule is C=C(c1ccc(-c2cnc([C@@H]3CCCN3C(=O)[C@@H](N=COOC)C(C)C)[nH]2)cc1)c1ccc2nc([C@@H]3CCCN3C(=O)[C@@H](NC(=O)OC)C(C)C)[nH]c2c1.S.S.S.S. The van der Waals surface area contributed by atoms with Gasteiger partial charge in [-0.1, -0.05) is 64.6 Å². The lowest BCUT2D eigenvalue weighted by Gasteiger charge is -2.29. The second-order valence-corrected chi connectivity index (χ2v) is 14.5. The highest BCUT2D eigenvalue weighted by Gasteiger charge is 2.38. The summed E-state index contributed by atoms with van der Waals surface area (Å²) in [6.45, 7) is 13.3. The highest BCUT2D eigenvalue weighted by Crippen LogP contribution is 2.35. The molecule has 2 aromatic heterocycles. The van der Waals surface area contributed by atoms with E-state index in [4.69, 9.17) is 19.6 Å². The summed E-state index contributed by atoms with van der Waals surface area (Å²) in [7, 11) is 2.68. The number of ether oxygens (including phenoxy) is 1. The lowest BCUT2D eigenvalue weighted by atomic mass is 9.98. The number of amides is 3. The van der Waals surface area contributed by atoms with Crippen LogP contribution in [0.5, 0.6) is 0 Å². The Bertz CT molecular complexity index is 2020. The van der Waals surface area contributed by atoms with Crippen LogP contribution in [0.25, 0.3) is 27.9 Å². The van der Waals surface area contributed by atoms with Gasteiger partial charge in [0.15, 0.2) is 0 Å². The van der Waals surface area contributed by atoms with Crippen molar-refractivity contribution in [2.24, 2.45) is 16.8 Å². The Morgan fingerprint density at radius 2 is 1.48 bits per heavy atom. The zero-order chi connectivity index (χ0) is 38.5. The molecule has 0 unspecified atom stereocenters. The molecule has 2 fully saturated rings. The topological polar surface area (TPSA) is 167 Å². The van der Waals surface area contributed by atoms with Gasteiger partial charge in [-0.25, -0.2) is 19.8 Å². The molecule has 2 saturated heterocycles. The minimum atomic E-state index is -0.696. The number of aromatic amines is 2. The minimum Gasteiger partial charge on any atom is -0.453 e. The predicted octanol–water partition coefficient (Wildman–Crippen LogP) is 6.80. The van der Waals surface area contributed by atoms with Gasteiger partial charge >= 0.3 is 6.09 Å². The average molecular weight is 875 g/mol. The van der Waals surface area contributed by atoms with E-state index in [1.807, 2.05) is 86.2 Å². The van der Waals surface area contributed by atoms with Gasteiger partial charge in [0.05, 0.1) is 49.2 Å². The zero-order valence-electron chi connectivity index (χ0n) is 33.8. The molecule has 4 heterocycles. The van der Waals surface area contributed by atoms with Crippen molar-refractivity contribution in [2.75, 3.05) is 27.3 Å². The molecule has 0 saturated carbocycles. The number of hydrogen-bond acceptors (Lipinski definition) is 9. The summed E-state index contributed by atoms with van der Waals surface area (Å²) in [6, 6.07) is 12.5. The summed E-state index contributed by atoms with van der Waals surface area (Å²) >= 11 is 0. The zero-order valence-corrected chi connectivity index (χ0v) is 37.8. The van der Waals surface area contributed by atoms with Gasteiger partial charge in [0.1, 0.15) is 23.7 Å². The number of rotatable bonds is 13. The second kappa shape index (κ2) is 22.3. The quantitative estimate of drug-likeness (QED) is 0.0571. The fourth-order valence-corrected chi connectivity index (χ4v) is 7.38. The molecular formula is C40H58N8O6S4. The number of likely N-dealkylation sites (tertiary alicyclic amines) is 2. The number of carbonyl (C=O) groups is 3. The van der Waals surface area contributed by atoms with E-state index < -0.39 is 18.2 Å². The van der Waals surface area contributed by atoms with Gasteiger partial charge < -0.3 is 34.7 Å². The third kappa shape index (κ3) is 10.9. The first-order valence-electron chi connectivity index (χ1n) is 18.5. The standard InChI is InChI=1S/C40H50N8O6.4H2S/c1-23(2)34(42-22-54-53-7)38(49)47-18-8-10-32(47)36-41-21-31(45-36)27-14-12-26(13-15-27)25(5)28-16-17-29-30(20-28)44-37(43-29)33-11-9-19-48(33)39(50)35(24(3)4)46-40(51)52-6;;;;/h12-17,20-24,32-35H,5,8-11,18-19H2,1-4,6-7H3,(H,41,45)(H,43,44)(H,46,51);4*1H2/t32-,33-,34-,35-;;;;/m0..../s1. The fraction of sp³-hybridized carbons (Fsp3) is 0.450. The van der Waals surface area contributed by atoms with Gasteiger partial charge in [-0.2, -0.15) is 58.9 Å². The second-order valence-electron chi connectivity index (χ2n) is 14.5. The Hall–Kier alpha value is -4.10. The van der Waals surface area contributed by atoms with Crippen LogP contribution >= 0.6 is 54.0 Å². The molecule has 0 radical (unpaired) electrons. The van der Waals surface area contributed by atoms with E-state index in [1.165, 1.54) is 20.6 Å². The van der Waals surface area contributed by atoms with Crippen molar-refractivity contribution in [3.8, 4) is 11.3 Å². The Kier molecular flexibility index (Phi) is 19.3. The van der Waals surface area contributed by atoms with Gasteiger partial charge in [-0.3, -0.25) is 9.59 Å². The average Bonchev–Trinajstić information content (AvgIpc) is 4.00. The van der Waals surface area contributed by atoms with E-state index in [-0.39, 0.29) is 89.7 Å². The third-order valence-corrected chi connectivity index (χ3v) is 10.3. The lowest BCUT2D eigenvalue weighted by Crippen LogP contribution is -2.51. The number of nitrogens with zero attached hydrogens (tertiary/aromatic N) is 5. The number of aromatic nitrogens is 4. The number of fused-ring (bicyclic) bond motifs is 1. The van der Waals surface area contributed by atoms with Crippen LogP contribution in [-0.2, 0) is 24.1 Å². The number of nitrogens with one attached hydrogen (secondary N) is 3. The van der Waals surface area contributed by atoms with Crippen LogP contribution in [0.4, 0.5) is 4.79 Å². The lowest BCUT2D eigenvalue weighted by molar-refractivity contribution is -0.188. The summed E-state index contributed by atoms with van der Waals surface area (Å²) in [4.78, 5) is 73.0. The van der Waals surface area contributed by atoms with Gasteiger partial charge in [0.2, 0.25) is 18.2 Å². The highest BCUT2D eigenvalue weighted by atomic mass is 32.1. The van der Waals surface area contributed by atoms with Crippen LogP contribution < -0.4 is 5.32 Å². The summed E-state index contributed by atoms with van der Waals surface area (Å²) < 4.78 is 4.76. The van der Waals surface area contributed by atoms with Crippen molar-refractivity contribution in [3.05, 3.63) is 78.0 Å². The van der Waals surface area contributed by atoms with E-state index >= 15 is 0 Å². The van der Waals surface area contributed by atoms with E-state index in [1.54, 1.807) is 0 Å². The number of H-pyrrole nitrogens is 2. The molecule has 3 amide bonds. The molecule has 58 heavy (non-hydrogen) atoms. The summed E-state index contributed by atoms with van der Waals surface area (Å²) in [6.07, 6.45) is 5.67. The maximum Gasteiger partial charge on any atom is 0.407 e. The largest absolute Gasteiger partial charge is 0.453 e. The molecule has 4 aromatic rings. The third-order valence-electron chi connectivity index (χ3n) is 10.3. The van der Waals surface area contributed by atoms with E-state index in [0.717, 1.165) is 76.3 Å². The first kappa shape index (κ1) is 50.0. The number of imidazole rings is 2. The van der Waals surface area contributed by atoms with Crippen molar-refractivity contribution in [1.82, 2.24) is 35.1 Å². The summed E-state index contributed by atoms with van der Waals surface area (Å²) in [5.74, 6) is 1.13. The molecule has 0 aliphatic carbocycles. The Balaban J connectivity index is 0.00000290. The maximum atomic E-state index is 13.6. The smallest absolute Gasteiger partial charge is 0.407 e. The maximum absolute atomic E-state index is 13.6. The summed E-state index contributed by atoms with van der Waals surface area (Å²) in [5.41, 5.74) is 6.25. The van der Waals surface area contributed by atoms with Crippen LogP contribution in [0.2, 0.25) is 0 Å². The highest BCUT2D eigenvalue weighted by molar-refractivity contribution is 7.59. The van der Waals surface area contributed by atoms with Crippen LogP contribution in [0.15, 0.2) is 60.2 Å². The van der Waals surface area contributed by atoms with E-state index in [9.17, 15) is 14.4 Å². The van der Waals surface area contributed by atoms with Crippen molar-refractivity contribution >= 4 is 94.9 Å². The molecule has 18 heteroatoms. The Morgan fingerprint density at radius 1 is 0.862 bits per heavy atom. The van der Waals surface area contributed by atoms with Crippen molar-refractivity contribution < 1.29 is 28.9 Å². The van der Waals surface area contributed by atoms with Crippen molar-refractivity contribution in [3.63, 3.8) is 0 Å². The number of alkyl carbamates (subject to hydrolysis) is 1. The normalized spacial score (nSPS) is 17.2. The predicted molar refractivity (Wildman–Crippen MR) is 247 cm³/mol. The molecule has 2 aromatic carbocycles. The van der Waals surface area contributed by atoms with Gasteiger partial charge in [-0.05, 0) is 71.9 Å². The molecule has 2 aliphatic rings. The number of hydrogen-bond donors (Lipinski definition) is 3. The van der Waals surface area contributed by atoms with Crippen LogP contribution in [0.3, 0.4) is 0 Å². The number of benzene rings is 2. The molecule has 318 valence electrons. The molecule has 6 rings (SSSR count). The van der Waals surface area contributed by atoms with E-state index in [0.29, 0.717) is 13.1 Å². The molecule has 14 nitrogen and oxygen atoms in total. The first-order chi connectivity index (χ1) is 26.0. The first-order valence-corrected chi connectivity index (χ1v) is 18.5. The Morgan fingerprint density at radius 3 is 2.09 bits per heavy atom. The molecule has 0 spiro atoms. The molecular weight excluding hydrogens is 817 g/mol. The van der Waals surface area contributed by atoms with Crippen LogP contribution in [0, 0.1) is 11.8 Å². The van der Waals surface area contributed by atoms with Crippen molar-refractivity contribution in [1.29, 1.82) is 0 Å². The summed E-state index contributed by atoms with van der Waals surface area (Å²) in [5, 5.41) is 2.70. The van der Waals surface area contributed by atoms with Gasteiger partial charge in [0, 0.05) is 13.1 Å². The minimum absolute atomic E-state index is 0. The van der Waals surface area contributed by atoms with Crippen LogP contribution in [0.1, 0.15) is 88.2 Å². The molecule has 2 aliphatic heterocycles. The molecule has 3 N–H and O–H groups in total. The van der Waals surface area contributed by atoms with Crippen LogP contribution in [-0.4, -0.2) is 93.4 Å². The number of aliphatic imine (C=N–C) groups is 1. The van der Waals surface area contributed by atoms with E-state index in [2.05, 4.69) is 31.7 Å². The van der Waals surface area contributed by atoms with Gasteiger partial charge in [0.25, 0.3) is 0 Å². The van der Waals surface area contributed by atoms with Crippen molar-refractivity contribution in [2.45, 2.75) is 77.5 Å². The number of carbonyl (C=O) groups excluding carboxylic acids is 3.